The zero-order valence-corrected chi connectivity index (χ0v) is 16.7. The van der Waals surface area contributed by atoms with E-state index in [0.29, 0.717) is 10.6 Å². The van der Waals surface area contributed by atoms with Crippen molar-refractivity contribution in [3.05, 3.63) is 58.6 Å². The van der Waals surface area contributed by atoms with Crippen LogP contribution in [0.5, 0.6) is 5.75 Å². The number of ether oxygens (including phenoxy) is 1. The molecule has 1 amide bonds. The molecule has 3 aromatic rings. The Bertz CT molecular complexity index is 1050. The number of amides is 1. The predicted octanol–water partition coefficient (Wildman–Crippen LogP) is 3.92. The van der Waals surface area contributed by atoms with E-state index in [4.69, 9.17) is 21.3 Å². The van der Waals surface area contributed by atoms with Gasteiger partial charge in [-0.15, -0.1) is 0 Å². The lowest BCUT2D eigenvalue weighted by atomic mass is 10.0. The monoisotopic (exact) mass is 395 g/mol. The van der Waals surface area contributed by atoms with Crippen LogP contribution < -0.4 is 10.1 Å². The fraction of sp³-hybridized carbons (Fsp3) is 0.273. The molecule has 0 unspecified atom stereocenters. The lowest BCUT2D eigenvalue weighted by Gasteiger charge is -2.27. The molecule has 0 spiro atoms. The number of fused-ring (bicyclic) bond motifs is 1. The topological polar surface area (TPSA) is 54.5 Å². The maximum Gasteiger partial charge on any atom is 0.254 e. The molecule has 0 aliphatic carbocycles. The van der Waals surface area contributed by atoms with Crippen molar-refractivity contribution in [2.75, 3.05) is 33.3 Å². The molecular weight excluding hydrogens is 374 g/mol. The summed E-state index contributed by atoms with van der Waals surface area (Å²) >= 11 is 6.52. The summed E-state index contributed by atoms with van der Waals surface area (Å²) < 4.78 is 5.34. The first-order valence-corrected chi connectivity index (χ1v) is 9.70. The summed E-state index contributed by atoms with van der Waals surface area (Å²) in [6, 6.07) is 13.3. The van der Waals surface area contributed by atoms with Gasteiger partial charge in [-0.05, 0) is 48.9 Å². The molecule has 0 saturated carbocycles. The average Bonchev–Trinajstić information content (AvgIpc) is 2.73. The second kappa shape index (κ2) is 7.78. The summed E-state index contributed by atoms with van der Waals surface area (Å²) in [6.07, 6.45) is 0. The summed E-state index contributed by atoms with van der Waals surface area (Å²) in [4.78, 5) is 19.5. The number of nitrogens with one attached hydrogen (secondary N) is 1. The van der Waals surface area contributed by atoms with E-state index in [1.54, 1.807) is 7.11 Å². The van der Waals surface area contributed by atoms with Crippen molar-refractivity contribution in [1.29, 1.82) is 0 Å². The first-order valence-electron chi connectivity index (χ1n) is 9.32. The van der Waals surface area contributed by atoms with Crippen molar-refractivity contribution in [2.24, 2.45) is 0 Å². The number of carbonyl (C=O) groups is 1. The highest BCUT2D eigenvalue weighted by atomic mass is 35.5. The third-order valence-electron chi connectivity index (χ3n) is 5.10. The highest BCUT2D eigenvalue weighted by molar-refractivity contribution is 6.35. The molecule has 2 heterocycles. The molecule has 1 saturated heterocycles. The van der Waals surface area contributed by atoms with Crippen LogP contribution in [-0.4, -0.2) is 49.1 Å². The maximum atomic E-state index is 12.8. The Kier molecular flexibility index (Phi) is 5.20. The zero-order valence-electron chi connectivity index (χ0n) is 16.0. The number of piperazine rings is 1. The van der Waals surface area contributed by atoms with Crippen molar-refractivity contribution in [3.63, 3.8) is 0 Å². The van der Waals surface area contributed by atoms with Gasteiger partial charge in [0.15, 0.2) is 0 Å². The van der Waals surface area contributed by atoms with Crippen LogP contribution in [0.15, 0.2) is 42.5 Å². The SMILES string of the molecule is COc1ccc(-c2cc(Cl)c3ccc(C(=O)N4CCNCC4)cc3n2)cc1C. The Balaban J connectivity index is 1.74. The van der Waals surface area contributed by atoms with Crippen molar-refractivity contribution in [1.82, 2.24) is 15.2 Å². The van der Waals surface area contributed by atoms with Crippen molar-refractivity contribution >= 4 is 28.4 Å². The molecule has 0 radical (unpaired) electrons. The Morgan fingerprint density at radius 2 is 1.93 bits per heavy atom. The third-order valence-corrected chi connectivity index (χ3v) is 5.41. The number of hydrogen-bond acceptors (Lipinski definition) is 4. The van der Waals surface area contributed by atoms with Crippen LogP contribution >= 0.6 is 11.6 Å². The van der Waals surface area contributed by atoms with Crippen LogP contribution in [0.2, 0.25) is 5.02 Å². The number of nitrogens with zero attached hydrogens (tertiary/aromatic N) is 2. The Labute approximate surface area is 169 Å². The van der Waals surface area contributed by atoms with Gasteiger partial charge < -0.3 is 15.0 Å². The van der Waals surface area contributed by atoms with Crippen LogP contribution in [0, 0.1) is 6.92 Å². The largest absolute Gasteiger partial charge is 0.496 e. The minimum Gasteiger partial charge on any atom is -0.496 e. The number of hydrogen-bond donors (Lipinski definition) is 1. The van der Waals surface area contributed by atoms with Gasteiger partial charge in [0.1, 0.15) is 5.75 Å². The Morgan fingerprint density at radius 3 is 2.64 bits per heavy atom. The number of halogens is 1. The molecule has 144 valence electrons. The van der Waals surface area contributed by atoms with E-state index in [9.17, 15) is 4.79 Å². The maximum absolute atomic E-state index is 12.8. The van der Waals surface area contributed by atoms with Gasteiger partial charge in [0.2, 0.25) is 0 Å². The minimum atomic E-state index is 0.0343. The van der Waals surface area contributed by atoms with E-state index in [0.717, 1.165) is 59.7 Å². The minimum absolute atomic E-state index is 0.0343. The number of pyridine rings is 1. The standard InChI is InChI=1S/C22H22ClN3O2/c1-14-11-15(4-6-21(14)28-2)19-13-18(23)17-5-3-16(12-20(17)25-19)22(27)26-9-7-24-8-10-26/h3-6,11-13,24H,7-10H2,1-2H3. The van der Waals surface area contributed by atoms with Gasteiger partial charge in [-0.3, -0.25) is 4.79 Å². The number of aromatic nitrogens is 1. The van der Waals surface area contributed by atoms with Gasteiger partial charge in [-0.25, -0.2) is 4.98 Å². The molecule has 4 rings (SSSR count). The van der Waals surface area contributed by atoms with Gasteiger partial charge in [0, 0.05) is 42.7 Å². The number of carbonyl (C=O) groups excluding carboxylic acids is 1. The highest BCUT2D eigenvalue weighted by Crippen LogP contribution is 2.31. The first-order chi connectivity index (χ1) is 13.6. The van der Waals surface area contributed by atoms with Crippen LogP contribution in [0.1, 0.15) is 15.9 Å². The number of rotatable bonds is 3. The van der Waals surface area contributed by atoms with Crippen molar-refractivity contribution in [2.45, 2.75) is 6.92 Å². The fourth-order valence-corrected chi connectivity index (χ4v) is 3.82. The van der Waals surface area contributed by atoms with E-state index in [1.807, 2.05) is 54.3 Å². The number of methoxy groups -OCH3 is 1. The molecule has 1 aliphatic rings. The van der Waals surface area contributed by atoms with Crippen LogP contribution in [0.4, 0.5) is 0 Å². The molecular formula is C22H22ClN3O2. The number of benzene rings is 2. The molecule has 1 fully saturated rings. The summed E-state index contributed by atoms with van der Waals surface area (Å²) in [5.74, 6) is 0.867. The van der Waals surface area contributed by atoms with Gasteiger partial charge >= 0.3 is 0 Å². The molecule has 28 heavy (non-hydrogen) atoms. The zero-order chi connectivity index (χ0) is 19.7. The van der Waals surface area contributed by atoms with E-state index >= 15 is 0 Å². The van der Waals surface area contributed by atoms with E-state index in [-0.39, 0.29) is 5.91 Å². The predicted molar refractivity (Wildman–Crippen MR) is 112 cm³/mol. The highest BCUT2D eigenvalue weighted by Gasteiger charge is 2.19. The van der Waals surface area contributed by atoms with Crippen LogP contribution in [-0.2, 0) is 0 Å². The van der Waals surface area contributed by atoms with Crippen molar-refractivity contribution < 1.29 is 9.53 Å². The van der Waals surface area contributed by atoms with Gasteiger partial charge in [0.05, 0.1) is 23.3 Å². The molecule has 1 aromatic heterocycles. The molecule has 0 atom stereocenters. The lowest BCUT2D eigenvalue weighted by molar-refractivity contribution is 0.0736. The fourth-order valence-electron chi connectivity index (χ4n) is 3.56. The molecule has 0 bridgehead atoms. The molecule has 1 N–H and O–H groups in total. The summed E-state index contributed by atoms with van der Waals surface area (Å²) in [5, 5.41) is 4.72. The molecule has 6 heteroatoms. The van der Waals surface area contributed by atoms with E-state index in [1.165, 1.54) is 0 Å². The normalized spacial score (nSPS) is 14.3. The summed E-state index contributed by atoms with van der Waals surface area (Å²) in [6.45, 7) is 5.08. The summed E-state index contributed by atoms with van der Waals surface area (Å²) in [5.41, 5.74) is 4.12. The second-order valence-corrected chi connectivity index (χ2v) is 7.36. The molecule has 2 aromatic carbocycles. The smallest absolute Gasteiger partial charge is 0.254 e. The second-order valence-electron chi connectivity index (χ2n) is 6.95. The van der Waals surface area contributed by atoms with Gasteiger partial charge in [-0.1, -0.05) is 17.7 Å². The third kappa shape index (κ3) is 3.55. The van der Waals surface area contributed by atoms with Crippen molar-refractivity contribution in [3.8, 4) is 17.0 Å². The number of aryl methyl sites for hydroxylation is 1. The van der Waals surface area contributed by atoms with Gasteiger partial charge in [-0.2, -0.15) is 0 Å². The quantitative estimate of drug-likeness (QED) is 0.730. The van der Waals surface area contributed by atoms with E-state index in [2.05, 4.69) is 5.32 Å². The lowest BCUT2D eigenvalue weighted by Crippen LogP contribution is -2.46. The van der Waals surface area contributed by atoms with E-state index < -0.39 is 0 Å². The molecule has 5 nitrogen and oxygen atoms in total. The van der Waals surface area contributed by atoms with Gasteiger partial charge in [0.25, 0.3) is 5.91 Å². The Morgan fingerprint density at radius 1 is 1.14 bits per heavy atom. The Hall–Kier alpha value is -2.63. The van der Waals surface area contributed by atoms with Crippen LogP contribution in [0.3, 0.4) is 0 Å². The molecule has 1 aliphatic heterocycles. The van der Waals surface area contributed by atoms with Crippen LogP contribution in [0.25, 0.3) is 22.2 Å². The first kappa shape index (κ1) is 18.7. The summed E-state index contributed by atoms with van der Waals surface area (Å²) in [7, 11) is 1.66. The average molecular weight is 396 g/mol.